The van der Waals surface area contributed by atoms with Crippen LogP contribution in [0.4, 0.5) is 15.9 Å². The molecular weight excluding hydrogens is 335 g/mol. The van der Waals surface area contributed by atoms with E-state index < -0.39 is 5.82 Å². The summed E-state index contributed by atoms with van der Waals surface area (Å²) in [4.78, 5) is 12.4. The third kappa shape index (κ3) is 2.29. The number of hydrogen-bond acceptors (Lipinski definition) is 7. The molecule has 0 atom stereocenters. The third-order valence-electron chi connectivity index (χ3n) is 3.88. The second kappa shape index (κ2) is 5.78. The number of aromatic nitrogens is 5. The van der Waals surface area contributed by atoms with Gasteiger partial charge in [-0.15, -0.1) is 0 Å². The first-order valence-corrected chi connectivity index (χ1v) is 7.50. The number of halogens is 1. The number of rotatable bonds is 2. The number of nitrogens with zero attached hydrogens (tertiary/aromatic N) is 6. The molecule has 8 nitrogen and oxygen atoms in total. The molecule has 126 valence electrons. The fraction of sp³-hybridized carbons (Fsp3) is 0. The average Bonchev–Trinajstić information content (AvgIpc) is 3.05. The maximum absolute atomic E-state index is 13.9. The van der Waals surface area contributed by atoms with Crippen LogP contribution in [0, 0.1) is 17.1 Å². The molecule has 0 spiro atoms. The smallest absolute Gasteiger partial charge is 0.173 e. The number of anilines is 2. The molecule has 0 aliphatic carbocycles. The Balaban J connectivity index is 2.07. The van der Waals surface area contributed by atoms with Gasteiger partial charge in [-0.25, -0.2) is 19.3 Å². The van der Waals surface area contributed by atoms with Gasteiger partial charge in [-0.05, 0) is 24.3 Å². The van der Waals surface area contributed by atoms with E-state index in [9.17, 15) is 9.65 Å². The summed E-state index contributed by atoms with van der Waals surface area (Å²) in [6, 6.07) is 9.65. The molecular formula is C17H11FN8. The van der Waals surface area contributed by atoms with Crippen molar-refractivity contribution in [3.8, 4) is 23.1 Å². The summed E-state index contributed by atoms with van der Waals surface area (Å²) in [5.41, 5.74) is 13.1. The maximum Gasteiger partial charge on any atom is 0.173 e. The van der Waals surface area contributed by atoms with Crippen molar-refractivity contribution in [2.45, 2.75) is 0 Å². The van der Waals surface area contributed by atoms with Crippen LogP contribution in [0.5, 0.6) is 0 Å². The molecule has 3 aromatic heterocycles. The number of pyridine rings is 1. The van der Waals surface area contributed by atoms with Crippen molar-refractivity contribution in [3.63, 3.8) is 0 Å². The van der Waals surface area contributed by atoms with Crippen molar-refractivity contribution < 1.29 is 4.39 Å². The van der Waals surface area contributed by atoms with Crippen LogP contribution in [0.25, 0.3) is 28.1 Å². The summed E-state index contributed by atoms with van der Waals surface area (Å²) in [7, 11) is 0. The monoisotopic (exact) mass is 346 g/mol. The SMILES string of the molecule is N#Cc1cccnc1-n1nc(-c2ccc(N)c(F)c2)c2c(N)ncnc21. The summed E-state index contributed by atoms with van der Waals surface area (Å²) in [5, 5.41) is 14.3. The molecule has 0 aliphatic rings. The van der Waals surface area contributed by atoms with E-state index in [1.165, 1.54) is 29.3 Å². The first-order chi connectivity index (χ1) is 12.6. The zero-order chi connectivity index (χ0) is 18.3. The molecule has 4 N–H and O–H groups in total. The van der Waals surface area contributed by atoms with Gasteiger partial charge in [0.1, 0.15) is 29.7 Å². The molecule has 0 saturated carbocycles. The van der Waals surface area contributed by atoms with Crippen molar-refractivity contribution >= 4 is 22.5 Å². The summed E-state index contributed by atoms with van der Waals surface area (Å²) < 4.78 is 15.3. The fourth-order valence-corrected chi connectivity index (χ4v) is 2.65. The minimum absolute atomic E-state index is 0.0261. The minimum Gasteiger partial charge on any atom is -0.396 e. The normalized spacial score (nSPS) is 10.8. The van der Waals surface area contributed by atoms with Crippen LogP contribution < -0.4 is 11.5 Å². The lowest BCUT2D eigenvalue weighted by Gasteiger charge is -2.03. The molecule has 1 aromatic carbocycles. The van der Waals surface area contributed by atoms with E-state index in [0.717, 1.165) is 0 Å². The Morgan fingerprint density at radius 1 is 1.12 bits per heavy atom. The lowest BCUT2D eigenvalue weighted by atomic mass is 10.1. The first kappa shape index (κ1) is 15.5. The quantitative estimate of drug-likeness (QED) is 0.531. The minimum atomic E-state index is -0.573. The van der Waals surface area contributed by atoms with Crippen molar-refractivity contribution in [2.24, 2.45) is 0 Å². The van der Waals surface area contributed by atoms with E-state index in [-0.39, 0.29) is 11.5 Å². The van der Waals surface area contributed by atoms with Gasteiger partial charge in [-0.1, -0.05) is 6.07 Å². The Bertz CT molecular complexity index is 1190. The van der Waals surface area contributed by atoms with Gasteiger partial charge < -0.3 is 11.5 Å². The summed E-state index contributed by atoms with van der Waals surface area (Å²) in [6.07, 6.45) is 2.83. The molecule has 0 radical (unpaired) electrons. The predicted molar refractivity (Wildman–Crippen MR) is 93.4 cm³/mol. The molecule has 4 rings (SSSR count). The van der Waals surface area contributed by atoms with Crippen LogP contribution in [0.2, 0.25) is 0 Å². The Labute approximate surface area is 146 Å². The average molecular weight is 346 g/mol. The highest BCUT2D eigenvalue weighted by molar-refractivity contribution is 5.99. The van der Waals surface area contributed by atoms with Gasteiger partial charge in [-0.3, -0.25) is 0 Å². The fourth-order valence-electron chi connectivity index (χ4n) is 2.65. The molecule has 0 unspecified atom stereocenters. The van der Waals surface area contributed by atoms with Crippen LogP contribution >= 0.6 is 0 Å². The van der Waals surface area contributed by atoms with Crippen LogP contribution in [-0.4, -0.2) is 24.7 Å². The number of nitriles is 1. The highest BCUT2D eigenvalue weighted by Gasteiger charge is 2.20. The van der Waals surface area contributed by atoms with E-state index in [4.69, 9.17) is 11.5 Å². The number of benzene rings is 1. The summed E-state index contributed by atoms with van der Waals surface area (Å²) in [5.74, 6) is -0.0978. The van der Waals surface area contributed by atoms with Gasteiger partial charge in [0.2, 0.25) is 0 Å². The molecule has 0 amide bonds. The highest BCUT2D eigenvalue weighted by Crippen LogP contribution is 2.32. The molecule has 0 saturated heterocycles. The summed E-state index contributed by atoms with van der Waals surface area (Å²) >= 11 is 0. The maximum atomic E-state index is 13.9. The lowest BCUT2D eigenvalue weighted by Crippen LogP contribution is -2.04. The lowest BCUT2D eigenvalue weighted by molar-refractivity contribution is 0.633. The van der Waals surface area contributed by atoms with E-state index in [1.807, 2.05) is 0 Å². The van der Waals surface area contributed by atoms with E-state index in [2.05, 4.69) is 26.1 Å². The third-order valence-corrected chi connectivity index (χ3v) is 3.88. The van der Waals surface area contributed by atoms with E-state index >= 15 is 0 Å². The number of fused-ring (bicyclic) bond motifs is 1. The Kier molecular flexibility index (Phi) is 3.44. The molecule has 0 aliphatic heterocycles. The van der Waals surface area contributed by atoms with Crippen molar-refractivity contribution in [3.05, 3.63) is 54.2 Å². The zero-order valence-corrected chi connectivity index (χ0v) is 13.3. The molecule has 26 heavy (non-hydrogen) atoms. The van der Waals surface area contributed by atoms with Gasteiger partial charge in [0.25, 0.3) is 0 Å². The van der Waals surface area contributed by atoms with Crippen LogP contribution in [0.3, 0.4) is 0 Å². The van der Waals surface area contributed by atoms with Gasteiger partial charge in [0.15, 0.2) is 11.5 Å². The molecule has 4 aromatic rings. The Morgan fingerprint density at radius 2 is 1.96 bits per heavy atom. The van der Waals surface area contributed by atoms with Gasteiger partial charge in [-0.2, -0.15) is 15.0 Å². The van der Waals surface area contributed by atoms with Gasteiger partial charge in [0.05, 0.1) is 16.6 Å². The van der Waals surface area contributed by atoms with Gasteiger partial charge >= 0.3 is 0 Å². The van der Waals surface area contributed by atoms with Crippen molar-refractivity contribution in [2.75, 3.05) is 11.5 Å². The zero-order valence-electron chi connectivity index (χ0n) is 13.3. The van der Waals surface area contributed by atoms with Gasteiger partial charge in [0, 0.05) is 11.8 Å². The first-order valence-electron chi connectivity index (χ1n) is 7.50. The molecule has 9 heteroatoms. The Hall–Kier alpha value is -4.06. The Morgan fingerprint density at radius 3 is 2.73 bits per heavy atom. The number of hydrogen-bond donors (Lipinski definition) is 2. The van der Waals surface area contributed by atoms with E-state index in [0.29, 0.717) is 33.7 Å². The van der Waals surface area contributed by atoms with E-state index in [1.54, 1.807) is 18.2 Å². The predicted octanol–water partition coefficient (Wildman–Crippen LogP) is 2.05. The summed E-state index contributed by atoms with van der Waals surface area (Å²) in [6.45, 7) is 0. The van der Waals surface area contributed by atoms with Crippen LogP contribution in [0.1, 0.15) is 5.56 Å². The standard InChI is InChI=1S/C17H11FN8/c18-11-6-9(3-4-12(11)20)14-13-15(21)23-8-24-17(13)26(25-14)16-10(7-19)2-1-5-22-16/h1-6,8H,20H2,(H2,21,23,24). The number of nitrogens with two attached hydrogens (primary N) is 2. The molecule has 3 heterocycles. The molecule has 0 fully saturated rings. The van der Waals surface area contributed by atoms with Crippen molar-refractivity contribution in [1.82, 2.24) is 24.7 Å². The second-order valence-electron chi connectivity index (χ2n) is 5.44. The number of nitrogen functional groups attached to an aromatic ring is 2. The second-order valence-corrected chi connectivity index (χ2v) is 5.44. The van der Waals surface area contributed by atoms with Crippen molar-refractivity contribution in [1.29, 1.82) is 5.26 Å². The molecule has 0 bridgehead atoms. The topological polar surface area (TPSA) is 132 Å². The van der Waals surface area contributed by atoms with Crippen LogP contribution in [-0.2, 0) is 0 Å². The highest BCUT2D eigenvalue weighted by atomic mass is 19.1. The largest absolute Gasteiger partial charge is 0.396 e. The van der Waals surface area contributed by atoms with Crippen LogP contribution in [0.15, 0.2) is 42.9 Å².